The maximum Gasteiger partial charge on any atom is -0.00258 e. The molecule has 0 aliphatic carbocycles. The maximum absolute atomic E-state index is 3.52. The third-order valence-corrected chi connectivity index (χ3v) is 3.37. The van der Waals surface area contributed by atoms with Gasteiger partial charge in [-0.2, -0.15) is 0 Å². The minimum absolute atomic E-state index is 0.762. The lowest BCUT2D eigenvalue weighted by molar-refractivity contribution is 0.443. The lowest BCUT2D eigenvalue weighted by Crippen LogP contribution is -2.22. The van der Waals surface area contributed by atoms with Gasteiger partial charge in [-0.3, -0.25) is 0 Å². The Morgan fingerprint density at radius 2 is 1.72 bits per heavy atom. The molecule has 0 amide bonds. The molecule has 1 heteroatoms. The molecule has 1 nitrogen and oxygen atoms in total. The second kappa shape index (κ2) is 9.16. The van der Waals surface area contributed by atoms with E-state index in [9.17, 15) is 0 Å². The molecule has 1 unspecified atom stereocenters. The molecule has 1 N–H and O–H groups in total. The summed E-state index contributed by atoms with van der Waals surface area (Å²) in [7, 11) is 0. The summed E-state index contributed by atoms with van der Waals surface area (Å²) in [6.45, 7) is 9.22. The summed E-state index contributed by atoms with van der Waals surface area (Å²) in [6.07, 6.45) is 5.19. The van der Waals surface area contributed by atoms with Crippen molar-refractivity contribution in [3.05, 3.63) is 35.9 Å². The van der Waals surface area contributed by atoms with E-state index in [4.69, 9.17) is 0 Å². The number of benzene rings is 1. The van der Waals surface area contributed by atoms with Crippen LogP contribution in [0.15, 0.2) is 30.3 Å². The maximum atomic E-state index is 3.52. The summed E-state index contributed by atoms with van der Waals surface area (Å²) < 4.78 is 0. The Labute approximate surface area is 113 Å². The highest BCUT2D eigenvalue weighted by Gasteiger charge is 2.02. The molecule has 0 heterocycles. The highest BCUT2D eigenvalue weighted by molar-refractivity contribution is 5.14. The van der Waals surface area contributed by atoms with E-state index in [1.165, 1.54) is 37.8 Å². The Kier molecular flexibility index (Phi) is 7.75. The van der Waals surface area contributed by atoms with Gasteiger partial charge >= 0.3 is 0 Å². The van der Waals surface area contributed by atoms with Gasteiger partial charge in [0.25, 0.3) is 0 Å². The fraction of sp³-hybridized carbons (Fsp3) is 0.647. The SMILES string of the molecule is CC(C)CNCCC(C)CCCc1ccccc1. The molecule has 102 valence electrons. The van der Waals surface area contributed by atoms with Crippen LogP contribution in [0.2, 0.25) is 0 Å². The second-order valence-electron chi connectivity index (χ2n) is 5.87. The van der Waals surface area contributed by atoms with Gasteiger partial charge in [0.2, 0.25) is 0 Å². The Hall–Kier alpha value is -0.820. The predicted molar refractivity (Wildman–Crippen MR) is 80.9 cm³/mol. The quantitative estimate of drug-likeness (QED) is 0.642. The van der Waals surface area contributed by atoms with Crippen molar-refractivity contribution in [2.45, 2.75) is 46.5 Å². The van der Waals surface area contributed by atoms with E-state index in [1.807, 2.05) is 0 Å². The van der Waals surface area contributed by atoms with Crippen molar-refractivity contribution >= 4 is 0 Å². The summed E-state index contributed by atoms with van der Waals surface area (Å²) in [5, 5.41) is 3.52. The highest BCUT2D eigenvalue weighted by atomic mass is 14.8. The Morgan fingerprint density at radius 1 is 1.00 bits per heavy atom. The van der Waals surface area contributed by atoms with Crippen LogP contribution in [-0.4, -0.2) is 13.1 Å². The van der Waals surface area contributed by atoms with Gasteiger partial charge in [0.1, 0.15) is 0 Å². The molecule has 0 aliphatic heterocycles. The molecule has 1 aromatic carbocycles. The summed E-state index contributed by atoms with van der Waals surface area (Å²) in [4.78, 5) is 0. The number of nitrogens with one attached hydrogen (secondary N) is 1. The van der Waals surface area contributed by atoms with Crippen LogP contribution >= 0.6 is 0 Å². The van der Waals surface area contributed by atoms with E-state index in [1.54, 1.807) is 0 Å². The third kappa shape index (κ3) is 7.50. The van der Waals surface area contributed by atoms with Gasteiger partial charge in [0, 0.05) is 0 Å². The lowest BCUT2D eigenvalue weighted by Gasteiger charge is -2.13. The normalized spacial score (nSPS) is 12.9. The van der Waals surface area contributed by atoms with Gasteiger partial charge in [-0.25, -0.2) is 0 Å². The largest absolute Gasteiger partial charge is 0.316 e. The summed E-state index contributed by atoms with van der Waals surface area (Å²) in [5.41, 5.74) is 1.47. The molecular weight excluding hydrogens is 218 g/mol. The van der Waals surface area contributed by atoms with Gasteiger partial charge in [-0.1, -0.05) is 57.5 Å². The van der Waals surface area contributed by atoms with Gasteiger partial charge in [0.15, 0.2) is 0 Å². The number of rotatable bonds is 9. The zero-order valence-corrected chi connectivity index (χ0v) is 12.3. The molecule has 0 radical (unpaired) electrons. The predicted octanol–water partition coefficient (Wildman–Crippen LogP) is 4.28. The molecule has 0 spiro atoms. The zero-order valence-electron chi connectivity index (χ0n) is 12.3. The highest BCUT2D eigenvalue weighted by Crippen LogP contribution is 2.12. The van der Waals surface area contributed by atoms with E-state index in [0.29, 0.717) is 0 Å². The van der Waals surface area contributed by atoms with Crippen LogP contribution < -0.4 is 5.32 Å². The molecule has 0 saturated heterocycles. The Morgan fingerprint density at radius 3 is 2.39 bits per heavy atom. The molecule has 0 saturated carbocycles. The van der Waals surface area contributed by atoms with Gasteiger partial charge in [-0.05, 0) is 49.8 Å². The average Bonchev–Trinajstić information content (AvgIpc) is 2.36. The van der Waals surface area contributed by atoms with E-state index in [0.717, 1.165) is 18.4 Å². The Bertz CT molecular complexity index is 292. The van der Waals surface area contributed by atoms with Crippen LogP contribution in [0.1, 0.15) is 45.6 Å². The van der Waals surface area contributed by atoms with E-state index in [2.05, 4.69) is 56.4 Å². The smallest absolute Gasteiger partial charge is 0.00258 e. The van der Waals surface area contributed by atoms with Gasteiger partial charge in [-0.15, -0.1) is 0 Å². The van der Waals surface area contributed by atoms with Crippen molar-refractivity contribution in [3.8, 4) is 0 Å². The number of hydrogen-bond donors (Lipinski definition) is 1. The van der Waals surface area contributed by atoms with Crippen molar-refractivity contribution in [3.63, 3.8) is 0 Å². The minimum atomic E-state index is 0.762. The van der Waals surface area contributed by atoms with Crippen molar-refractivity contribution in [2.75, 3.05) is 13.1 Å². The molecule has 1 atom stereocenters. The minimum Gasteiger partial charge on any atom is -0.316 e. The van der Waals surface area contributed by atoms with Crippen LogP contribution in [0, 0.1) is 11.8 Å². The molecule has 0 aliphatic rings. The van der Waals surface area contributed by atoms with Crippen molar-refractivity contribution < 1.29 is 0 Å². The first-order valence-corrected chi connectivity index (χ1v) is 7.43. The van der Waals surface area contributed by atoms with Crippen LogP contribution in [0.3, 0.4) is 0 Å². The summed E-state index contributed by atoms with van der Waals surface area (Å²) in [5.74, 6) is 1.60. The molecule has 0 bridgehead atoms. The van der Waals surface area contributed by atoms with Crippen molar-refractivity contribution in [1.29, 1.82) is 0 Å². The van der Waals surface area contributed by atoms with E-state index >= 15 is 0 Å². The number of aryl methyl sites for hydroxylation is 1. The first-order valence-electron chi connectivity index (χ1n) is 7.43. The summed E-state index contributed by atoms with van der Waals surface area (Å²) >= 11 is 0. The van der Waals surface area contributed by atoms with Crippen molar-refractivity contribution in [1.82, 2.24) is 5.32 Å². The number of hydrogen-bond acceptors (Lipinski definition) is 1. The standard InChI is InChI=1S/C17H29N/c1-15(2)14-18-13-12-16(3)8-7-11-17-9-5-4-6-10-17/h4-6,9-10,15-16,18H,7-8,11-14H2,1-3H3. The first kappa shape index (κ1) is 15.2. The van der Waals surface area contributed by atoms with Crippen molar-refractivity contribution in [2.24, 2.45) is 11.8 Å². The van der Waals surface area contributed by atoms with Crippen LogP contribution in [-0.2, 0) is 6.42 Å². The first-order chi connectivity index (χ1) is 8.68. The summed E-state index contributed by atoms with van der Waals surface area (Å²) in [6, 6.07) is 10.8. The van der Waals surface area contributed by atoms with E-state index in [-0.39, 0.29) is 0 Å². The Balaban J connectivity index is 2.01. The molecule has 1 rings (SSSR count). The fourth-order valence-corrected chi connectivity index (χ4v) is 2.18. The van der Waals surface area contributed by atoms with Gasteiger partial charge < -0.3 is 5.32 Å². The average molecular weight is 247 g/mol. The zero-order chi connectivity index (χ0) is 13.2. The molecule has 0 aromatic heterocycles. The van der Waals surface area contributed by atoms with Crippen LogP contribution in [0.4, 0.5) is 0 Å². The van der Waals surface area contributed by atoms with Crippen LogP contribution in [0.5, 0.6) is 0 Å². The lowest BCUT2D eigenvalue weighted by atomic mass is 9.98. The van der Waals surface area contributed by atoms with Crippen LogP contribution in [0.25, 0.3) is 0 Å². The van der Waals surface area contributed by atoms with E-state index < -0.39 is 0 Å². The third-order valence-electron chi connectivity index (χ3n) is 3.37. The fourth-order valence-electron chi connectivity index (χ4n) is 2.18. The molecule has 1 aromatic rings. The molecule has 0 fully saturated rings. The monoisotopic (exact) mass is 247 g/mol. The topological polar surface area (TPSA) is 12.0 Å². The molecular formula is C17H29N. The second-order valence-corrected chi connectivity index (χ2v) is 5.87. The molecule has 18 heavy (non-hydrogen) atoms. The van der Waals surface area contributed by atoms with Gasteiger partial charge in [0.05, 0.1) is 0 Å².